The maximum Gasteiger partial charge on any atom is 0.0633 e. The highest BCUT2D eigenvalue weighted by molar-refractivity contribution is 5.70. The zero-order valence-corrected chi connectivity index (χ0v) is 5.51. The van der Waals surface area contributed by atoms with E-state index in [-0.39, 0.29) is 0 Å². The van der Waals surface area contributed by atoms with Crippen molar-refractivity contribution in [3.63, 3.8) is 0 Å². The molecule has 1 nitrogen and oxygen atoms in total. The van der Waals surface area contributed by atoms with Gasteiger partial charge in [-0.2, -0.15) is 0 Å². The molecule has 0 heterocycles. The maximum absolute atomic E-state index is 3.95. The second kappa shape index (κ2) is 5.04. The first-order valence-electron chi connectivity index (χ1n) is 2.72. The van der Waals surface area contributed by atoms with Crippen LogP contribution >= 0.6 is 0 Å². The molecule has 0 aliphatic carbocycles. The van der Waals surface area contributed by atoms with E-state index < -0.39 is 0 Å². The predicted octanol–water partition coefficient (Wildman–Crippen LogP) is 1.99. The molecule has 0 aromatic carbocycles. The largest absolute Gasteiger partial charge is 0.288 e. The fraction of sp³-hybridized carbons (Fsp3) is 0.125. The fourth-order valence-electron chi connectivity index (χ4n) is 0.309. The van der Waals surface area contributed by atoms with Gasteiger partial charge >= 0.3 is 0 Å². The summed E-state index contributed by atoms with van der Waals surface area (Å²) in [6.07, 6.45) is 4.98. The van der Waals surface area contributed by atoms with Crippen molar-refractivity contribution in [1.29, 1.82) is 0 Å². The van der Waals surface area contributed by atoms with Gasteiger partial charge in [-0.3, -0.25) is 4.99 Å². The van der Waals surface area contributed by atoms with E-state index in [4.69, 9.17) is 0 Å². The minimum absolute atomic E-state index is 0.621. The molecule has 0 spiro atoms. The zero-order chi connectivity index (χ0) is 7.11. The molecule has 0 aliphatic rings. The lowest BCUT2D eigenvalue weighted by atomic mass is 10.3. The summed E-state index contributed by atoms with van der Waals surface area (Å²) in [5, 5.41) is 0. The first kappa shape index (κ1) is 7.89. The van der Waals surface area contributed by atoms with E-state index in [1.54, 1.807) is 18.4 Å². The van der Waals surface area contributed by atoms with E-state index >= 15 is 0 Å². The Labute approximate surface area is 56.1 Å². The molecule has 0 saturated carbocycles. The van der Waals surface area contributed by atoms with Gasteiger partial charge in [0.2, 0.25) is 0 Å². The summed E-state index contributed by atoms with van der Waals surface area (Å²) in [7, 11) is 0. The molecule has 48 valence electrons. The Morgan fingerprint density at radius 2 is 2.11 bits per heavy atom. The Balaban J connectivity index is 3.49. The molecule has 0 N–H and O–H groups in total. The average molecular weight is 121 g/mol. The molecule has 0 aromatic heterocycles. The van der Waals surface area contributed by atoms with E-state index in [1.165, 1.54) is 0 Å². The Hall–Kier alpha value is -1.11. The Morgan fingerprint density at radius 3 is 2.56 bits per heavy atom. The SMILES string of the molecule is C=CC=NCC(=C)C=C. The number of allylic oxidation sites excluding steroid dienone is 1. The molecule has 0 amide bonds. The number of nitrogens with zero attached hydrogens (tertiary/aromatic N) is 1. The number of hydrogen-bond donors (Lipinski definition) is 0. The molecule has 0 aromatic rings. The van der Waals surface area contributed by atoms with Crippen LogP contribution in [-0.4, -0.2) is 12.8 Å². The quantitative estimate of drug-likeness (QED) is 0.398. The first-order valence-corrected chi connectivity index (χ1v) is 2.72. The Bertz CT molecular complexity index is 143. The molecule has 0 aliphatic heterocycles. The zero-order valence-electron chi connectivity index (χ0n) is 5.51. The monoisotopic (exact) mass is 121 g/mol. The Morgan fingerprint density at radius 1 is 1.44 bits per heavy atom. The van der Waals surface area contributed by atoms with Gasteiger partial charge in [-0.1, -0.05) is 31.9 Å². The molecule has 9 heavy (non-hydrogen) atoms. The summed E-state index contributed by atoms with van der Waals surface area (Å²) in [5.41, 5.74) is 0.924. The van der Waals surface area contributed by atoms with Gasteiger partial charge in [0.05, 0.1) is 6.54 Å². The lowest BCUT2D eigenvalue weighted by Gasteiger charge is -1.88. The van der Waals surface area contributed by atoms with Crippen LogP contribution in [0.2, 0.25) is 0 Å². The van der Waals surface area contributed by atoms with E-state index in [2.05, 4.69) is 24.7 Å². The van der Waals surface area contributed by atoms with Crippen LogP contribution in [-0.2, 0) is 0 Å². The maximum atomic E-state index is 3.95. The summed E-state index contributed by atoms with van der Waals surface area (Å²) in [5.74, 6) is 0. The molecule has 0 saturated heterocycles. The molecular formula is C8H11N. The molecule has 0 atom stereocenters. The van der Waals surface area contributed by atoms with Crippen LogP contribution in [0.4, 0.5) is 0 Å². The average Bonchev–Trinajstić information content (AvgIpc) is 1.89. The number of aliphatic imine (C=N–C) groups is 1. The summed E-state index contributed by atoms with van der Waals surface area (Å²) in [4.78, 5) is 3.95. The minimum atomic E-state index is 0.621. The molecule has 0 bridgehead atoms. The van der Waals surface area contributed by atoms with Gasteiger partial charge in [-0.15, -0.1) is 0 Å². The lowest BCUT2D eigenvalue weighted by molar-refractivity contribution is 1.20. The van der Waals surface area contributed by atoms with Gasteiger partial charge in [-0.05, 0) is 5.57 Å². The highest BCUT2D eigenvalue weighted by Crippen LogP contribution is 1.89. The van der Waals surface area contributed by atoms with Crippen molar-refractivity contribution < 1.29 is 0 Å². The van der Waals surface area contributed by atoms with Crippen LogP contribution in [0.3, 0.4) is 0 Å². The highest BCUT2D eigenvalue weighted by Gasteiger charge is 1.78. The first-order chi connectivity index (χ1) is 4.31. The molecule has 0 rings (SSSR count). The van der Waals surface area contributed by atoms with Crippen molar-refractivity contribution >= 4 is 6.21 Å². The number of hydrogen-bond acceptors (Lipinski definition) is 1. The van der Waals surface area contributed by atoms with Gasteiger partial charge in [0.25, 0.3) is 0 Å². The molecule has 0 fully saturated rings. The second-order valence-electron chi connectivity index (χ2n) is 1.59. The summed E-state index contributed by atoms with van der Waals surface area (Å²) in [6.45, 7) is 11.3. The topological polar surface area (TPSA) is 12.4 Å². The second-order valence-corrected chi connectivity index (χ2v) is 1.59. The highest BCUT2D eigenvalue weighted by atomic mass is 14.7. The van der Waals surface area contributed by atoms with Crippen molar-refractivity contribution in [1.82, 2.24) is 0 Å². The van der Waals surface area contributed by atoms with E-state index in [0.29, 0.717) is 6.54 Å². The standard InChI is InChI=1S/C8H11N/c1-4-6-9-7-8(3)5-2/h4-6H,1-3,7H2. The van der Waals surface area contributed by atoms with Gasteiger partial charge in [0.15, 0.2) is 0 Å². The minimum Gasteiger partial charge on any atom is -0.288 e. The third kappa shape index (κ3) is 4.75. The van der Waals surface area contributed by atoms with Crippen LogP contribution in [0, 0.1) is 0 Å². The summed E-state index contributed by atoms with van der Waals surface area (Å²) in [6, 6.07) is 0. The molecule has 0 radical (unpaired) electrons. The van der Waals surface area contributed by atoms with E-state index in [0.717, 1.165) is 5.57 Å². The Kier molecular flexibility index (Phi) is 4.41. The van der Waals surface area contributed by atoms with Gasteiger partial charge < -0.3 is 0 Å². The van der Waals surface area contributed by atoms with Gasteiger partial charge in [-0.25, -0.2) is 0 Å². The lowest BCUT2D eigenvalue weighted by Crippen LogP contribution is -1.80. The summed E-state index contributed by atoms with van der Waals surface area (Å²) >= 11 is 0. The van der Waals surface area contributed by atoms with Crippen molar-refractivity contribution in [2.75, 3.05) is 6.54 Å². The van der Waals surface area contributed by atoms with Crippen LogP contribution in [0.25, 0.3) is 0 Å². The molecule has 1 heteroatoms. The predicted molar refractivity (Wildman–Crippen MR) is 42.9 cm³/mol. The smallest absolute Gasteiger partial charge is 0.0633 e. The van der Waals surface area contributed by atoms with Crippen molar-refractivity contribution in [3.8, 4) is 0 Å². The fourth-order valence-corrected chi connectivity index (χ4v) is 0.309. The molecular weight excluding hydrogens is 110 g/mol. The third-order valence-electron chi connectivity index (χ3n) is 0.794. The van der Waals surface area contributed by atoms with Crippen molar-refractivity contribution in [3.05, 3.63) is 37.5 Å². The van der Waals surface area contributed by atoms with E-state index in [9.17, 15) is 0 Å². The third-order valence-corrected chi connectivity index (χ3v) is 0.794. The van der Waals surface area contributed by atoms with Crippen molar-refractivity contribution in [2.24, 2.45) is 4.99 Å². The van der Waals surface area contributed by atoms with E-state index in [1.807, 2.05) is 0 Å². The summed E-state index contributed by atoms with van der Waals surface area (Å²) < 4.78 is 0. The van der Waals surface area contributed by atoms with Crippen LogP contribution in [0.1, 0.15) is 0 Å². The van der Waals surface area contributed by atoms with Crippen LogP contribution < -0.4 is 0 Å². The normalized spacial score (nSPS) is 9.33. The van der Waals surface area contributed by atoms with Gasteiger partial charge in [0, 0.05) is 6.21 Å². The number of rotatable bonds is 4. The van der Waals surface area contributed by atoms with Crippen molar-refractivity contribution in [2.45, 2.75) is 0 Å². The van der Waals surface area contributed by atoms with Gasteiger partial charge in [0.1, 0.15) is 0 Å². The van der Waals surface area contributed by atoms with Crippen LogP contribution in [0.15, 0.2) is 42.5 Å². The molecule has 0 unspecified atom stereocenters. The van der Waals surface area contributed by atoms with Crippen LogP contribution in [0.5, 0.6) is 0 Å².